The summed E-state index contributed by atoms with van der Waals surface area (Å²) in [7, 11) is 4.37. The van der Waals surface area contributed by atoms with E-state index < -0.39 is 0 Å². The minimum Gasteiger partial charge on any atom is -0.368 e. The number of hydrogen-bond donors (Lipinski definition) is 1. The zero-order valence-electron chi connectivity index (χ0n) is 10.4. The van der Waals surface area contributed by atoms with Gasteiger partial charge in [0.05, 0.1) is 0 Å². The van der Waals surface area contributed by atoms with Crippen molar-refractivity contribution in [2.24, 2.45) is 0 Å². The highest BCUT2D eigenvalue weighted by Gasteiger charge is 2.21. The maximum atomic E-state index is 4.38. The molecule has 1 N–H and O–H groups in total. The van der Waals surface area contributed by atoms with Gasteiger partial charge >= 0.3 is 0 Å². The van der Waals surface area contributed by atoms with Crippen molar-refractivity contribution >= 4 is 21.7 Å². The predicted molar refractivity (Wildman–Crippen MR) is 74.3 cm³/mol. The highest BCUT2D eigenvalue weighted by atomic mass is 79.9. The van der Waals surface area contributed by atoms with E-state index in [1.54, 1.807) is 0 Å². The Bertz CT molecular complexity index is 371. The number of hydrogen-bond acceptors (Lipinski definition) is 4. The summed E-state index contributed by atoms with van der Waals surface area (Å²) in [6, 6.07) is 6.48. The fourth-order valence-electron chi connectivity index (χ4n) is 2.05. The molecule has 1 aromatic rings. The van der Waals surface area contributed by atoms with Gasteiger partial charge in [-0.1, -0.05) is 6.07 Å². The van der Waals surface area contributed by atoms with Crippen molar-refractivity contribution in [3.05, 3.63) is 22.8 Å². The number of nitrogens with zero attached hydrogens (tertiary/aromatic N) is 3. The molecule has 0 radical (unpaired) electrons. The first kappa shape index (κ1) is 12.8. The molecule has 2 heterocycles. The van der Waals surface area contributed by atoms with Gasteiger partial charge in [-0.2, -0.15) is 0 Å². The van der Waals surface area contributed by atoms with E-state index in [9.17, 15) is 0 Å². The van der Waals surface area contributed by atoms with Crippen LogP contribution in [0.25, 0.3) is 0 Å². The zero-order chi connectivity index (χ0) is 12.3. The van der Waals surface area contributed by atoms with Crippen molar-refractivity contribution in [1.82, 2.24) is 14.8 Å². The number of rotatable bonds is 3. The molecule has 1 atom stereocenters. The van der Waals surface area contributed by atoms with Gasteiger partial charge in [-0.25, -0.2) is 4.98 Å². The summed E-state index contributed by atoms with van der Waals surface area (Å²) in [6.07, 6.45) is 0. The minimum absolute atomic E-state index is 0.550. The Morgan fingerprint density at radius 3 is 3.00 bits per heavy atom. The standard InChI is InChI=1S/C12H19BrN4/c1-16-6-7-17(2)10(9-16)8-14-12-5-3-4-11(13)15-12/h3-5,10H,6-9H2,1-2H3,(H,14,15). The summed E-state index contributed by atoms with van der Waals surface area (Å²) in [5.74, 6) is 0.931. The third kappa shape index (κ3) is 3.66. The molecule has 1 fully saturated rings. The van der Waals surface area contributed by atoms with Gasteiger partial charge in [-0.15, -0.1) is 0 Å². The third-order valence-corrected chi connectivity index (χ3v) is 3.66. The van der Waals surface area contributed by atoms with Gasteiger partial charge in [0.2, 0.25) is 0 Å². The van der Waals surface area contributed by atoms with Crippen LogP contribution in [0.2, 0.25) is 0 Å². The van der Waals surface area contributed by atoms with Gasteiger partial charge in [-0.05, 0) is 42.2 Å². The maximum absolute atomic E-state index is 4.38. The molecule has 0 aliphatic carbocycles. The lowest BCUT2D eigenvalue weighted by molar-refractivity contribution is 0.122. The van der Waals surface area contributed by atoms with Gasteiger partial charge in [0.1, 0.15) is 10.4 Å². The number of pyridine rings is 1. The number of likely N-dealkylation sites (N-methyl/N-ethyl adjacent to an activating group) is 2. The minimum atomic E-state index is 0.550. The van der Waals surface area contributed by atoms with Gasteiger partial charge < -0.3 is 10.2 Å². The number of nitrogens with one attached hydrogen (secondary N) is 1. The number of anilines is 1. The molecule has 1 aliphatic heterocycles. The molecule has 5 heteroatoms. The van der Waals surface area contributed by atoms with Gasteiger partial charge in [0.15, 0.2) is 0 Å². The highest BCUT2D eigenvalue weighted by Crippen LogP contribution is 2.11. The van der Waals surface area contributed by atoms with Crippen molar-refractivity contribution in [3.8, 4) is 0 Å². The van der Waals surface area contributed by atoms with E-state index >= 15 is 0 Å². The normalized spacial score (nSPS) is 22.6. The summed E-state index contributed by atoms with van der Waals surface area (Å²) < 4.78 is 0.872. The zero-order valence-corrected chi connectivity index (χ0v) is 11.9. The van der Waals surface area contributed by atoms with E-state index in [4.69, 9.17) is 0 Å². The maximum Gasteiger partial charge on any atom is 0.127 e. The number of aromatic nitrogens is 1. The Morgan fingerprint density at radius 1 is 1.41 bits per heavy atom. The van der Waals surface area contributed by atoms with E-state index in [0.29, 0.717) is 6.04 Å². The molecule has 94 valence electrons. The van der Waals surface area contributed by atoms with Crippen LogP contribution in [0.4, 0.5) is 5.82 Å². The van der Waals surface area contributed by atoms with Gasteiger partial charge in [-0.3, -0.25) is 4.90 Å². The quantitative estimate of drug-likeness (QED) is 0.857. The fraction of sp³-hybridized carbons (Fsp3) is 0.583. The molecule has 0 amide bonds. The second-order valence-corrected chi connectivity index (χ2v) is 5.44. The van der Waals surface area contributed by atoms with Crippen LogP contribution in [0.5, 0.6) is 0 Å². The Balaban J connectivity index is 1.88. The topological polar surface area (TPSA) is 31.4 Å². The first-order chi connectivity index (χ1) is 8.15. The average molecular weight is 299 g/mol. The summed E-state index contributed by atoms with van der Waals surface area (Å²) in [4.78, 5) is 9.16. The van der Waals surface area contributed by atoms with Crippen molar-refractivity contribution in [3.63, 3.8) is 0 Å². The van der Waals surface area contributed by atoms with E-state index in [-0.39, 0.29) is 0 Å². The lowest BCUT2D eigenvalue weighted by Gasteiger charge is -2.37. The molecule has 1 aromatic heterocycles. The highest BCUT2D eigenvalue weighted by molar-refractivity contribution is 9.10. The third-order valence-electron chi connectivity index (χ3n) is 3.21. The molecule has 1 aliphatic rings. The number of halogens is 1. The molecule has 0 spiro atoms. The van der Waals surface area contributed by atoms with Crippen LogP contribution < -0.4 is 5.32 Å². The molecule has 0 aromatic carbocycles. The van der Waals surface area contributed by atoms with Crippen LogP contribution in [0.3, 0.4) is 0 Å². The molecular formula is C12H19BrN4. The van der Waals surface area contributed by atoms with Crippen LogP contribution in [0.1, 0.15) is 0 Å². The Labute approximate surface area is 111 Å². The number of piperazine rings is 1. The molecule has 0 bridgehead atoms. The lowest BCUT2D eigenvalue weighted by Crippen LogP contribution is -2.52. The molecule has 4 nitrogen and oxygen atoms in total. The molecular weight excluding hydrogens is 280 g/mol. The van der Waals surface area contributed by atoms with E-state index in [2.05, 4.69) is 50.1 Å². The van der Waals surface area contributed by atoms with Crippen LogP contribution in [0, 0.1) is 0 Å². The Kier molecular flexibility index (Phi) is 4.36. The molecule has 0 saturated carbocycles. The largest absolute Gasteiger partial charge is 0.368 e. The molecule has 17 heavy (non-hydrogen) atoms. The van der Waals surface area contributed by atoms with Gasteiger partial charge in [0.25, 0.3) is 0 Å². The monoisotopic (exact) mass is 298 g/mol. The van der Waals surface area contributed by atoms with E-state index in [0.717, 1.165) is 36.6 Å². The predicted octanol–water partition coefficient (Wildman–Crippen LogP) is 1.50. The fourth-order valence-corrected chi connectivity index (χ4v) is 2.39. The Morgan fingerprint density at radius 2 is 2.24 bits per heavy atom. The molecule has 1 unspecified atom stereocenters. The lowest BCUT2D eigenvalue weighted by atomic mass is 10.2. The molecule has 2 rings (SSSR count). The van der Waals surface area contributed by atoms with Crippen LogP contribution in [-0.2, 0) is 0 Å². The van der Waals surface area contributed by atoms with Crippen molar-refractivity contribution < 1.29 is 0 Å². The summed E-state index contributed by atoms with van der Waals surface area (Å²) in [5, 5.41) is 3.40. The van der Waals surface area contributed by atoms with Crippen molar-refractivity contribution in [1.29, 1.82) is 0 Å². The smallest absolute Gasteiger partial charge is 0.127 e. The second kappa shape index (κ2) is 5.80. The van der Waals surface area contributed by atoms with Gasteiger partial charge in [0, 0.05) is 32.2 Å². The van der Waals surface area contributed by atoms with Crippen molar-refractivity contribution in [2.45, 2.75) is 6.04 Å². The van der Waals surface area contributed by atoms with Crippen molar-refractivity contribution in [2.75, 3.05) is 45.6 Å². The van der Waals surface area contributed by atoms with Crippen LogP contribution >= 0.6 is 15.9 Å². The first-order valence-electron chi connectivity index (χ1n) is 5.90. The van der Waals surface area contributed by atoms with E-state index in [1.165, 1.54) is 0 Å². The SMILES string of the molecule is CN1CCN(C)C(CNc2cccc(Br)n2)C1. The van der Waals surface area contributed by atoms with Crippen LogP contribution in [-0.4, -0.2) is 61.1 Å². The van der Waals surface area contributed by atoms with Crippen LogP contribution in [0.15, 0.2) is 22.8 Å². The summed E-state index contributed by atoms with van der Waals surface area (Å²) in [5.41, 5.74) is 0. The second-order valence-electron chi connectivity index (χ2n) is 4.62. The van der Waals surface area contributed by atoms with E-state index in [1.807, 2.05) is 18.2 Å². The Hall–Kier alpha value is -0.650. The molecule has 1 saturated heterocycles. The average Bonchev–Trinajstić information content (AvgIpc) is 2.30. The summed E-state index contributed by atoms with van der Waals surface area (Å²) >= 11 is 3.38. The summed E-state index contributed by atoms with van der Waals surface area (Å²) in [6.45, 7) is 4.33. The first-order valence-corrected chi connectivity index (χ1v) is 6.69.